The summed E-state index contributed by atoms with van der Waals surface area (Å²) in [6.45, 7) is 8.65. The molecule has 0 aromatic rings. The Kier molecular flexibility index (Phi) is 5.62. The molecule has 0 radical (unpaired) electrons. The van der Waals surface area contributed by atoms with Gasteiger partial charge in [-0.15, -0.1) is 0 Å². The zero-order valence-corrected chi connectivity index (χ0v) is 13.5. The molecule has 0 aromatic carbocycles. The van der Waals surface area contributed by atoms with Gasteiger partial charge < -0.3 is 14.5 Å². The number of fused-ring (bicyclic) bond motifs is 1. The summed E-state index contributed by atoms with van der Waals surface area (Å²) in [5.41, 5.74) is 0. The standard InChI is InChI=1S/C16H28N2O3/c1-12(2)7-10-21-11-9-17-13(3)15(19)18-8-5-4-6-14(18)16(17)20/h12-14H,4-11H2,1-3H3. The predicted octanol–water partition coefficient (Wildman–Crippen LogP) is 1.66. The lowest BCUT2D eigenvalue weighted by Crippen LogP contribution is -2.65. The molecule has 2 amide bonds. The first-order valence-electron chi connectivity index (χ1n) is 8.21. The van der Waals surface area contributed by atoms with E-state index in [0.717, 1.165) is 38.8 Å². The van der Waals surface area contributed by atoms with Crippen molar-refractivity contribution in [1.82, 2.24) is 9.80 Å². The van der Waals surface area contributed by atoms with Crippen molar-refractivity contribution in [3.8, 4) is 0 Å². The van der Waals surface area contributed by atoms with E-state index in [1.807, 2.05) is 6.92 Å². The largest absolute Gasteiger partial charge is 0.380 e. The highest BCUT2D eigenvalue weighted by Gasteiger charge is 2.44. The molecule has 2 fully saturated rings. The molecule has 2 aliphatic heterocycles. The van der Waals surface area contributed by atoms with Gasteiger partial charge in [-0.2, -0.15) is 0 Å². The number of ether oxygens (including phenoxy) is 1. The Morgan fingerprint density at radius 1 is 1.19 bits per heavy atom. The van der Waals surface area contributed by atoms with Gasteiger partial charge in [0.15, 0.2) is 0 Å². The number of piperazine rings is 1. The third kappa shape index (κ3) is 3.76. The van der Waals surface area contributed by atoms with Crippen molar-refractivity contribution in [2.45, 2.75) is 58.5 Å². The molecule has 120 valence electrons. The van der Waals surface area contributed by atoms with Gasteiger partial charge in [0, 0.05) is 19.7 Å². The molecule has 0 aliphatic carbocycles. The van der Waals surface area contributed by atoms with Gasteiger partial charge in [0.2, 0.25) is 11.8 Å². The minimum Gasteiger partial charge on any atom is -0.380 e. The minimum absolute atomic E-state index is 0.0986. The third-order valence-corrected chi connectivity index (χ3v) is 4.49. The van der Waals surface area contributed by atoms with Crippen molar-refractivity contribution in [2.75, 3.05) is 26.3 Å². The Bertz CT molecular complexity index is 384. The number of rotatable bonds is 6. The van der Waals surface area contributed by atoms with Crippen LogP contribution in [0.3, 0.4) is 0 Å². The van der Waals surface area contributed by atoms with Gasteiger partial charge >= 0.3 is 0 Å². The number of hydrogen-bond donors (Lipinski definition) is 0. The lowest BCUT2D eigenvalue weighted by molar-refractivity contribution is -0.163. The fraction of sp³-hybridized carbons (Fsp3) is 0.875. The lowest BCUT2D eigenvalue weighted by atomic mass is 9.96. The summed E-state index contributed by atoms with van der Waals surface area (Å²) < 4.78 is 5.60. The van der Waals surface area contributed by atoms with E-state index in [4.69, 9.17) is 4.74 Å². The van der Waals surface area contributed by atoms with Gasteiger partial charge in [0.05, 0.1) is 6.61 Å². The molecule has 0 aromatic heterocycles. The highest BCUT2D eigenvalue weighted by molar-refractivity contribution is 5.96. The van der Waals surface area contributed by atoms with E-state index in [2.05, 4.69) is 13.8 Å². The molecule has 5 nitrogen and oxygen atoms in total. The van der Waals surface area contributed by atoms with Crippen LogP contribution < -0.4 is 0 Å². The zero-order valence-electron chi connectivity index (χ0n) is 13.5. The summed E-state index contributed by atoms with van der Waals surface area (Å²) in [7, 11) is 0. The first-order valence-corrected chi connectivity index (χ1v) is 8.21. The van der Waals surface area contributed by atoms with Crippen LogP contribution >= 0.6 is 0 Å². The summed E-state index contributed by atoms with van der Waals surface area (Å²) in [5, 5.41) is 0. The molecule has 2 heterocycles. The Balaban J connectivity index is 1.86. The number of piperidine rings is 1. The van der Waals surface area contributed by atoms with Crippen LogP contribution in [0.2, 0.25) is 0 Å². The fourth-order valence-corrected chi connectivity index (χ4v) is 3.10. The monoisotopic (exact) mass is 296 g/mol. The van der Waals surface area contributed by atoms with E-state index in [1.165, 1.54) is 0 Å². The fourth-order valence-electron chi connectivity index (χ4n) is 3.10. The van der Waals surface area contributed by atoms with Gasteiger partial charge in [-0.3, -0.25) is 9.59 Å². The Morgan fingerprint density at radius 2 is 1.95 bits per heavy atom. The van der Waals surface area contributed by atoms with Crippen molar-refractivity contribution in [3.05, 3.63) is 0 Å². The van der Waals surface area contributed by atoms with Gasteiger partial charge in [0.25, 0.3) is 0 Å². The molecule has 5 heteroatoms. The molecule has 0 bridgehead atoms. The molecule has 2 atom stereocenters. The molecular formula is C16H28N2O3. The average Bonchev–Trinajstić information content (AvgIpc) is 2.47. The minimum atomic E-state index is -0.347. The second-order valence-electron chi connectivity index (χ2n) is 6.55. The van der Waals surface area contributed by atoms with E-state index in [9.17, 15) is 9.59 Å². The van der Waals surface area contributed by atoms with Crippen LogP contribution in [0.25, 0.3) is 0 Å². The molecule has 2 aliphatic rings. The van der Waals surface area contributed by atoms with Crippen molar-refractivity contribution < 1.29 is 14.3 Å². The molecule has 0 saturated carbocycles. The normalized spacial score (nSPS) is 26.5. The van der Waals surface area contributed by atoms with E-state index in [-0.39, 0.29) is 23.9 Å². The van der Waals surface area contributed by atoms with Crippen LogP contribution in [0.15, 0.2) is 0 Å². The van der Waals surface area contributed by atoms with Gasteiger partial charge in [0.1, 0.15) is 12.1 Å². The summed E-state index contributed by atoms with van der Waals surface area (Å²) in [4.78, 5) is 28.4. The van der Waals surface area contributed by atoms with Gasteiger partial charge in [-0.25, -0.2) is 0 Å². The molecule has 2 saturated heterocycles. The van der Waals surface area contributed by atoms with E-state index >= 15 is 0 Å². The number of amides is 2. The number of nitrogens with zero attached hydrogens (tertiary/aromatic N) is 2. The maximum absolute atomic E-state index is 12.6. The Labute approximate surface area is 127 Å². The first kappa shape index (κ1) is 16.3. The predicted molar refractivity (Wildman–Crippen MR) is 80.8 cm³/mol. The number of carbonyl (C=O) groups is 2. The summed E-state index contributed by atoms with van der Waals surface area (Å²) in [5.74, 6) is 0.827. The van der Waals surface area contributed by atoms with Gasteiger partial charge in [-0.1, -0.05) is 13.8 Å². The van der Waals surface area contributed by atoms with Crippen LogP contribution in [-0.4, -0.2) is 60.0 Å². The second kappa shape index (κ2) is 7.25. The van der Waals surface area contributed by atoms with Crippen LogP contribution in [-0.2, 0) is 14.3 Å². The zero-order chi connectivity index (χ0) is 15.4. The smallest absolute Gasteiger partial charge is 0.246 e. The first-order chi connectivity index (χ1) is 10.0. The highest BCUT2D eigenvalue weighted by Crippen LogP contribution is 2.25. The second-order valence-corrected chi connectivity index (χ2v) is 6.55. The van der Waals surface area contributed by atoms with Crippen LogP contribution in [0.5, 0.6) is 0 Å². The van der Waals surface area contributed by atoms with Crippen LogP contribution in [0, 0.1) is 5.92 Å². The Hall–Kier alpha value is -1.10. The topological polar surface area (TPSA) is 49.9 Å². The van der Waals surface area contributed by atoms with Crippen molar-refractivity contribution in [3.63, 3.8) is 0 Å². The highest BCUT2D eigenvalue weighted by atomic mass is 16.5. The molecule has 0 N–H and O–H groups in total. The summed E-state index contributed by atoms with van der Waals surface area (Å²) >= 11 is 0. The van der Waals surface area contributed by atoms with Gasteiger partial charge in [-0.05, 0) is 38.5 Å². The molecule has 2 unspecified atom stereocenters. The van der Waals surface area contributed by atoms with Crippen molar-refractivity contribution in [1.29, 1.82) is 0 Å². The quantitative estimate of drug-likeness (QED) is 0.700. The number of carbonyl (C=O) groups excluding carboxylic acids is 2. The molecule has 2 rings (SSSR count). The van der Waals surface area contributed by atoms with E-state index < -0.39 is 0 Å². The van der Waals surface area contributed by atoms with E-state index in [0.29, 0.717) is 19.1 Å². The molecule has 0 spiro atoms. The van der Waals surface area contributed by atoms with Crippen LogP contribution in [0.4, 0.5) is 0 Å². The van der Waals surface area contributed by atoms with Crippen LogP contribution in [0.1, 0.15) is 46.5 Å². The molecular weight excluding hydrogens is 268 g/mol. The third-order valence-electron chi connectivity index (χ3n) is 4.49. The van der Waals surface area contributed by atoms with Crippen molar-refractivity contribution >= 4 is 11.8 Å². The Morgan fingerprint density at radius 3 is 2.67 bits per heavy atom. The maximum atomic E-state index is 12.6. The lowest BCUT2D eigenvalue weighted by Gasteiger charge is -2.46. The molecule has 21 heavy (non-hydrogen) atoms. The summed E-state index contributed by atoms with van der Waals surface area (Å²) in [6, 6.07) is -0.571. The van der Waals surface area contributed by atoms with E-state index in [1.54, 1.807) is 9.80 Å². The summed E-state index contributed by atoms with van der Waals surface area (Å²) in [6.07, 6.45) is 3.88. The average molecular weight is 296 g/mol. The SMILES string of the molecule is CC(C)CCOCCN1C(=O)C2CCCCN2C(=O)C1C. The number of hydrogen-bond acceptors (Lipinski definition) is 3. The maximum Gasteiger partial charge on any atom is 0.246 e. The van der Waals surface area contributed by atoms with Crippen molar-refractivity contribution in [2.24, 2.45) is 5.92 Å².